The summed E-state index contributed by atoms with van der Waals surface area (Å²) in [4.78, 5) is 14.4. The molecule has 0 fully saturated rings. The van der Waals surface area contributed by atoms with Gasteiger partial charge in [0.15, 0.2) is 0 Å². The van der Waals surface area contributed by atoms with Crippen molar-refractivity contribution >= 4 is 23.1 Å². The minimum Gasteiger partial charge on any atom is -0.486 e. The average Bonchev–Trinajstić information content (AvgIpc) is 2.46. The Bertz CT molecular complexity index is 634. The SMILES string of the molecule is CNc1cccc(COc2ccc([N+](=O)[O-])cc2Cl)n1. The number of hydrogen-bond acceptors (Lipinski definition) is 5. The normalized spacial score (nSPS) is 10.1. The quantitative estimate of drug-likeness (QED) is 0.676. The van der Waals surface area contributed by atoms with Gasteiger partial charge in [0, 0.05) is 19.2 Å². The van der Waals surface area contributed by atoms with Crippen molar-refractivity contribution in [3.8, 4) is 5.75 Å². The highest BCUT2D eigenvalue weighted by Crippen LogP contribution is 2.29. The highest BCUT2D eigenvalue weighted by Gasteiger charge is 2.10. The molecule has 1 aromatic carbocycles. The van der Waals surface area contributed by atoms with Crippen molar-refractivity contribution in [3.63, 3.8) is 0 Å². The summed E-state index contributed by atoms with van der Waals surface area (Å²) >= 11 is 5.94. The summed E-state index contributed by atoms with van der Waals surface area (Å²) < 4.78 is 5.51. The first-order chi connectivity index (χ1) is 9.60. The number of nitro benzene ring substituents is 1. The largest absolute Gasteiger partial charge is 0.486 e. The van der Waals surface area contributed by atoms with Crippen molar-refractivity contribution in [2.24, 2.45) is 0 Å². The van der Waals surface area contributed by atoms with Crippen LogP contribution >= 0.6 is 11.6 Å². The second kappa shape index (κ2) is 6.21. The Balaban J connectivity index is 2.08. The van der Waals surface area contributed by atoms with Gasteiger partial charge in [-0.25, -0.2) is 4.98 Å². The molecule has 0 amide bonds. The minimum absolute atomic E-state index is 0.0716. The lowest BCUT2D eigenvalue weighted by atomic mass is 10.3. The van der Waals surface area contributed by atoms with Gasteiger partial charge in [0.25, 0.3) is 5.69 Å². The van der Waals surface area contributed by atoms with E-state index in [0.717, 1.165) is 11.5 Å². The molecule has 1 heterocycles. The van der Waals surface area contributed by atoms with Gasteiger partial charge in [-0.2, -0.15) is 0 Å². The van der Waals surface area contributed by atoms with Crippen molar-refractivity contribution in [2.45, 2.75) is 6.61 Å². The molecule has 0 aliphatic rings. The molecule has 0 atom stereocenters. The lowest BCUT2D eigenvalue weighted by molar-refractivity contribution is -0.384. The molecule has 1 aromatic heterocycles. The summed E-state index contributed by atoms with van der Waals surface area (Å²) in [5, 5.41) is 13.7. The zero-order valence-electron chi connectivity index (χ0n) is 10.7. The van der Waals surface area contributed by atoms with Crippen LogP contribution in [-0.2, 0) is 6.61 Å². The van der Waals surface area contributed by atoms with E-state index < -0.39 is 4.92 Å². The summed E-state index contributed by atoms with van der Waals surface area (Å²) in [6.45, 7) is 0.229. The van der Waals surface area contributed by atoms with Gasteiger partial charge in [0.1, 0.15) is 18.2 Å². The zero-order chi connectivity index (χ0) is 14.5. The number of hydrogen-bond donors (Lipinski definition) is 1. The first-order valence-corrected chi connectivity index (χ1v) is 6.18. The third-order valence-corrected chi connectivity index (χ3v) is 2.86. The summed E-state index contributed by atoms with van der Waals surface area (Å²) in [7, 11) is 1.78. The van der Waals surface area contributed by atoms with Crippen molar-refractivity contribution in [2.75, 3.05) is 12.4 Å². The second-order valence-electron chi connectivity index (χ2n) is 3.92. The number of nitro groups is 1. The smallest absolute Gasteiger partial charge is 0.271 e. The number of aromatic nitrogens is 1. The number of anilines is 1. The summed E-state index contributed by atoms with van der Waals surface area (Å²) in [5.41, 5.74) is 0.656. The van der Waals surface area contributed by atoms with Crippen LogP contribution in [0.5, 0.6) is 5.75 Å². The molecule has 0 aliphatic heterocycles. The maximum atomic E-state index is 10.6. The van der Waals surface area contributed by atoms with Crippen molar-refractivity contribution in [1.82, 2.24) is 4.98 Å². The molecular formula is C13H12ClN3O3. The summed E-state index contributed by atoms with van der Waals surface area (Å²) in [6.07, 6.45) is 0. The number of rotatable bonds is 5. The average molecular weight is 294 g/mol. The summed E-state index contributed by atoms with van der Waals surface area (Å²) in [6, 6.07) is 9.59. The molecule has 7 heteroatoms. The lowest BCUT2D eigenvalue weighted by Crippen LogP contribution is -2.01. The Morgan fingerprint density at radius 1 is 1.40 bits per heavy atom. The predicted molar refractivity (Wildman–Crippen MR) is 76.2 cm³/mol. The van der Waals surface area contributed by atoms with Crippen molar-refractivity contribution in [1.29, 1.82) is 0 Å². The number of nitrogens with zero attached hydrogens (tertiary/aromatic N) is 2. The highest BCUT2D eigenvalue weighted by molar-refractivity contribution is 6.32. The number of benzene rings is 1. The van der Waals surface area contributed by atoms with Crippen LogP contribution in [0.25, 0.3) is 0 Å². The van der Waals surface area contributed by atoms with Gasteiger partial charge < -0.3 is 10.1 Å². The molecule has 2 aromatic rings. The van der Waals surface area contributed by atoms with Gasteiger partial charge in [-0.1, -0.05) is 17.7 Å². The molecule has 0 radical (unpaired) electrons. The molecule has 2 rings (SSSR count). The highest BCUT2D eigenvalue weighted by atomic mass is 35.5. The van der Waals surface area contributed by atoms with Gasteiger partial charge in [-0.05, 0) is 18.2 Å². The first-order valence-electron chi connectivity index (χ1n) is 5.80. The molecule has 6 nitrogen and oxygen atoms in total. The molecule has 1 N–H and O–H groups in total. The van der Waals surface area contributed by atoms with E-state index in [-0.39, 0.29) is 17.3 Å². The molecule has 20 heavy (non-hydrogen) atoms. The Morgan fingerprint density at radius 2 is 2.20 bits per heavy atom. The van der Waals surface area contributed by atoms with Crippen molar-refractivity contribution in [3.05, 3.63) is 57.2 Å². The van der Waals surface area contributed by atoms with E-state index in [0.29, 0.717) is 5.75 Å². The zero-order valence-corrected chi connectivity index (χ0v) is 11.4. The van der Waals surface area contributed by atoms with Crippen LogP contribution in [0.4, 0.5) is 11.5 Å². The van der Waals surface area contributed by atoms with E-state index in [1.165, 1.54) is 18.2 Å². The predicted octanol–water partition coefficient (Wildman–Crippen LogP) is 3.26. The fourth-order valence-electron chi connectivity index (χ4n) is 1.57. The van der Waals surface area contributed by atoms with Crippen LogP contribution in [0.1, 0.15) is 5.69 Å². The van der Waals surface area contributed by atoms with Crippen LogP contribution in [0, 0.1) is 10.1 Å². The standard InChI is InChI=1S/C13H12ClN3O3/c1-15-13-4-2-3-9(16-13)8-20-12-6-5-10(17(18)19)7-11(12)14/h2-7H,8H2,1H3,(H,15,16). The molecule has 0 saturated carbocycles. The monoisotopic (exact) mass is 293 g/mol. The summed E-state index contributed by atoms with van der Waals surface area (Å²) in [5.74, 6) is 1.12. The van der Waals surface area contributed by atoms with E-state index >= 15 is 0 Å². The van der Waals surface area contributed by atoms with Crippen molar-refractivity contribution < 1.29 is 9.66 Å². The fraction of sp³-hybridized carbons (Fsp3) is 0.154. The number of ether oxygens (including phenoxy) is 1. The molecule has 104 valence electrons. The van der Waals surface area contributed by atoms with Crippen LogP contribution in [0.3, 0.4) is 0 Å². The minimum atomic E-state index is -0.506. The van der Waals surface area contributed by atoms with E-state index in [4.69, 9.17) is 16.3 Å². The Morgan fingerprint density at radius 3 is 2.85 bits per heavy atom. The van der Waals surface area contributed by atoms with Crippen LogP contribution in [0.15, 0.2) is 36.4 Å². The van der Waals surface area contributed by atoms with E-state index in [1.54, 1.807) is 7.05 Å². The van der Waals surface area contributed by atoms with E-state index in [9.17, 15) is 10.1 Å². The van der Waals surface area contributed by atoms with Crippen LogP contribution in [-0.4, -0.2) is 17.0 Å². The molecule has 0 bridgehead atoms. The number of non-ortho nitro benzene ring substituents is 1. The second-order valence-corrected chi connectivity index (χ2v) is 4.33. The van der Waals surface area contributed by atoms with Crippen LogP contribution < -0.4 is 10.1 Å². The van der Waals surface area contributed by atoms with Gasteiger partial charge in [0.2, 0.25) is 0 Å². The maximum Gasteiger partial charge on any atom is 0.271 e. The first kappa shape index (κ1) is 14.1. The Kier molecular flexibility index (Phi) is 4.37. The van der Waals surface area contributed by atoms with E-state index in [1.807, 2.05) is 18.2 Å². The number of pyridine rings is 1. The van der Waals surface area contributed by atoms with Crippen LogP contribution in [0.2, 0.25) is 5.02 Å². The molecular weight excluding hydrogens is 282 g/mol. The Labute approximate surface area is 120 Å². The Hall–Kier alpha value is -2.34. The van der Waals surface area contributed by atoms with Gasteiger partial charge >= 0.3 is 0 Å². The van der Waals surface area contributed by atoms with E-state index in [2.05, 4.69) is 10.3 Å². The third-order valence-electron chi connectivity index (χ3n) is 2.56. The lowest BCUT2D eigenvalue weighted by Gasteiger charge is -2.08. The fourth-order valence-corrected chi connectivity index (χ4v) is 1.80. The third kappa shape index (κ3) is 3.36. The maximum absolute atomic E-state index is 10.6. The molecule has 0 saturated heterocycles. The van der Waals surface area contributed by atoms with Gasteiger partial charge in [-0.15, -0.1) is 0 Å². The number of nitrogens with one attached hydrogen (secondary N) is 1. The topological polar surface area (TPSA) is 77.3 Å². The number of halogens is 1. The van der Waals surface area contributed by atoms with Gasteiger partial charge in [0.05, 0.1) is 15.6 Å². The molecule has 0 unspecified atom stereocenters. The molecule has 0 spiro atoms. The molecule has 0 aliphatic carbocycles. The van der Waals surface area contributed by atoms with Gasteiger partial charge in [-0.3, -0.25) is 10.1 Å².